The molecule has 0 spiro atoms. The number of carbonyl (C=O) groups excluding carboxylic acids is 1. The van der Waals surface area contributed by atoms with Crippen molar-refractivity contribution in [2.75, 3.05) is 28.2 Å². The first-order valence-corrected chi connectivity index (χ1v) is 10.9. The number of anilines is 3. The molecule has 0 saturated carbocycles. The Morgan fingerprint density at radius 3 is 2.32 bits per heavy atom. The molecule has 3 aliphatic heterocycles. The average molecular weight is 425 g/mol. The number of nitrogens with zero attached hydrogens (tertiary/aromatic N) is 4. The number of carbonyl (C=O) groups is 1. The van der Waals surface area contributed by atoms with Gasteiger partial charge in [-0.15, -0.1) is 0 Å². The van der Waals surface area contributed by atoms with E-state index < -0.39 is 11.6 Å². The highest BCUT2D eigenvalue weighted by atomic mass is 19.1. The Kier molecular flexibility index (Phi) is 5.29. The van der Waals surface area contributed by atoms with Crippen molar-refractivity contribution in [2.24, 2.45) is 0 Å². The van der Waals surface area contributed by atoms with Crippen LogP contribution in [0.3, 0.4) is 0 Å². The van der Waals surface area contributed by atoms with E-state index in [-0.39, 0.29) is 29.4 Å². The zero-order valence-electron chi connectivity index (χ0n) is 17.2. The molecule has 1 N–H and O–H groups in total. The van der Waals surface area contributed by atoms with Gasteiger partial charge < -0.3 is 15.1 Å². The second kappa shape index (κ2) is 8.24. The van der Waals surface area contributed by atoms with Gasteiger partial charge in [-0.25, -0.2) is 18.7 Å². The maximum Gasteiger partial charge on any atom is 0.251 e. The Bertz CT molecular complexity index is 973. The Morgan fingerprint density at radius 1 is 1.03 bits per heavy atom. The maximum absolute atomic E-state index is 14.9. The highest BCUT2D eigenvalue weighted by Crippen LogP contribution is 2.42. The molecule has 2 saturated heterocycles. The first kappa shape index (κ1) is 19.9. The smallest absolute Gasteiger partial charge is 0.251 e. The van der Waals surface area contributed by atoms with Gasteiger partial charge in [0.1, 0.15) is 5.69 Å². The fourth-order valence-electron chi connectivity index (χ4n) is 5.09. The van der Waals surface area contributed by atoms with E-state index in [1.54, 1.807) is 18.5 Å². The van der Waals surface area contributed by atoms with Crippen LogP contribution < -0.4 is 15.1 Å². The van der Waals surface area contributed by atoms with E-state index in [4.69, 9.17) is 0 Å². The zero-order chi connectivity index (χ0) is 21.4. The average Bonchev–Trinajstić information content (AvgIpc) is 3.01. The summed E-state index contributed by atoms with van der Waals surface area (Å²) in [5, 5.41) is 2.66. The molecule has 3 aliphatic rings. The standard InChI is InChI=1S/C23H25F2N5O/c24-19-13-16(14-20(25)21(19)30-17-3-1-4-18(30)6-5-17)28-22(31)15-7-11-29(12-8-15)23-26-9-2-10-27-23/h2,7,9-10,13-14,17-18H,1,3-6,8,11-12H2,(H,28,31). The molecule has 1 amide bonds. The lowest BCUT2D eigenvalue weighted by Crippen LogP contribution is -2.40. The summed E-state index contributed by atoms with van der Waals surface area (Å²) in [5.41, 5.74) is 0.787. The largest absolute Gasteiger partial charge is 0.361 e. The molecule has 2 bridgehead atoms. The molecule has 2 unspecified atom stereocenters. The third kappa shape index (κ3) is 3.86. The maximum atomic E-state index is 14.9. The molecule has 2 aromatic rings. The van der Waals surface area contributed by atoms with Crippen LogP contribution in [0.4, 0.5) is 26.1 Å². The lowest BCUT2D eigenvalue weighted by atomic mass is 10.0. The predicted octanol–water partition coefficient (Wildman–Crippen LogP) is 4.05. The van der Waals surface area contributed by atoms with E-state index in [1.807, 2.05) is 15.9 Å². The lowest BCUT2D eigenvalue weighted by molar-refractivity contribution is -0.113. The predicted molar refractivity (Wildman–Crippen MR) is 115 cm³/mol. The summed E-state index contributed by atoms with van der Waals surface area (Å²) in [5.74, 6) is -0.943. The molecule has 0 radical (unpaired) electrons. The van der Waals surface area contributed by atoms with E-state index in [0.29, 0.717) is 31.0 Å². The number of benzene rings is 1. The van der Waals surface area contributed by atoms with Gasteiger partial charge in [0.2, 0.25) is 5.95 Å². The van der Waals surface area contributed by atoms with Crippen LogP contribution in [0.25, 0.3) is 0 Å². The summed E-state index contributed by atoms with van der Waals surface area (Å²) >= 11 is 0. The van der Waals surface area contributed by atoms with E-state index in [9.17, 15) is 13.6 Å². The molecule has 6 nitrogen and oxygen atoms in total. The summed E-state index contributed by atoms with van der Waals surface area (Å²) in [6, 6.07) is 4.65. The quantitative estimate of drug-likeness (QED) is 0.801. The van der Waals surface area contributed by atoms with E-state index in [2.05, 4.69) is 15.3 Å². The van der Waals surface area contributed by atoms with Crippen LogP contribution in [-0.4, -0.2) is 41.0 Å². The van der Waals surface area contributed by atoms with E-state index in [1.165, 1.54) is 12.1 Å². The number of amides is 1. The van der Waals surface area contributed by atoms with Crippen molar-refractivity contribution >= 4 is 23.2 Å². The molecule has 31 heavy (non-hydrogen) atoms. The van der Waals surface area contributed by atoms with Crippen LogP contribution in [0.2, 0.25) is 0 Å². The number of hydrogen-bond acceptors (Lipinski definition) is 5. The highest BCUT2D eigenvalue weighted by molar-refractivity contribution is 6.04. The molecule has 162 valence electrons. The molecule has 1 aromatic carbocycles. The Labute approximate surface area is 180 Å². The molecule has 5 rings (SSSR count). The van der Waals surface area contributed by atoms with Gasteiger partial charge in [-0.1, -0.05) is 6.08 Å². The van der Waals surface area contributed by atoms with Crippen molar-refractivity contribution < 1.29 is 13.6 Å². The number of piperidine rings is 1. The molecule has 2 fully saturated rings. The molecule has 8 heteroatoms. The number of hydrogen-bond donors (Lipinski definition) is 1. The van der Waals surface area contributed by atoms with Gasteiger partial charge in [0.15, 0.2) is 11.6 Å². The van der Waals surface area contributed by atoms with Gasteiger partial charge in [-0.2, -0.15) is 0 Å². The van der Waals surface area contributed by atoms with Gasteiger partial charge >= 0.3 is 0 Å². The first-order valence-electron chi connectivity index (χ1n) is 10.9. The summed E-state index contributed by atoms with van der Waals surface area (Å²) in [4.78, 5) is 25.0. The third-order valence-corrected chi connectivity index (χ3v) is 6.56. The number of aromatic nitrogens is 2. The summed E-state index contributed by atoms with van der Waals surface area (Å²) < 4.78 is 29.9. The van der Waals surface area contributed by atoms with E-state index in [0.717, 1.165) is 32.1 Å². The van der Waals surface area contributed by atoms with Crippen molar-refractivity contribution in [1.29, 1.82) is 0 Å². The number of halogens is 2. The van der Waals surface area contributed by atoms with Crippen molar-refractivity contribution in [3.05, 3.63) is 53.9 Å². The summed E-state index contributed by atoms with van der Waals surface area (Å²) in [7, 11) is 0. The monoisotopic (exact) mass is 425 g/mol. The second-order valence-electron chi connectivity index (χ2n) is 8.44. The Morgan fingerprint density at radius 2 is 1.71 bits per heavy atom. The van der Waals surface area contributed by atoms with Crippen LogP contribution in [0.5, 0.6) is 0 Å². The Hall–Kier alpha value is -3.03. The van der Waals surface area contributed by atoms with Gasteiger partial charge in [-0.05, 0) is 56.7 Å². The molecule has 0 aliphatic carbocycles. The first-order chi connectivity index (χ1) is 15.1. The lowest BCUT2D eigenvalue weighted by Gasteiger charge is -2.37. The number of rotatable bonds is 4. The van der Waals surface area contributed by atoms with Crippen LogP contribution in [0.15, 0.2) is 42.2 Å². The fourth-order valence-corrected chi connectivity index (χ4v) is 5.09. The minimum absolute atomic E-state index is 0.0561. The summed E-state index contributed by atoms with van der Waals surface area (Å²) in [6.07, 6.45) is 10.7. The molecule has 2 atom stereocenters. The molecular formula is C23H25F2N5O. The third-order valence-electron chi connectivity index (χ3n) is 6.56. The minimum atomic E-state index is -0.612. The number of fused-ring (bicyclic) bond motifs is 2. The second-order valence-corrected chi connectivity index (χ2v) is 8.44. The zero-order valence-corrected chi connectivity index (χ0v) is 17.2. The highest BCUT2D eigenvalue weighted by Gasteiger charge is 2.39. The van der Waals surface area contributed by atoms with Crippen LogP contribution in [-0.2, 0) is 4.79 Å². The van der Waals surface area contributed by atoms with Crippen LogP contribution in [0, 0.1) is 11.6 Å². The van der Waals surface area contributed by atoms with Crippen LogP contribution >= 0.6 is 0 Å². The number of nitrogens with one attached hydrogen (secondary N) is 1. The molecule has 4 heterocycles. The SMILES string of the molecule is O=C(Nc1cc(F)c(N2C3CCCC2CC3)c(F)c1)C1=CCN(c2ncccn2)CC1. The fraction of sp³-hybridized carbons (Fsp3) is 0.435. The summed E-state index contributed by atoms with van der Waals surface area (Å²) in [6.45, 7) is 1.11. The normalized spacial score (nSPS) is 23.0. The molecule has 1 aromatic heterocycles. The van der Waals surface area contributed by atoms with Gasteiger partial charge in [-0.3, -0.25) is 4.79 Å². The van der Waals surface area contributed by atoms with Gasteiger partial charge in [0.25, 0.3) is 5.91 Å². The Balaban J connectivity index is 1.28. The van der Waals surface area contributed by atoms with Crippen molar-refractivity contribution in [1.82, 2.24) is 9.97 Å². The molecular weight excluding hydrogens is 400 g/mol. The van der Waals surface area contributed by atoms with E-state index >= 15 is 0 Å². The van der Waals surface area contributed by atoms with Crippen molar-refractivity contribution in [3.63, 3.8) is 0 Å². The van der Waals surface area contributed by atoms with Crippen LogP contribution in [0.1, 0.15) is 38.5 Å². The minimum Gasteiger partial charge on any atom is -0.361 e. The van der Waals surface area contributed by atoms with Gasteiger partial charge in [0.05, 0.1) is 0 Å². The van der Waals surface area contributed by atoms with Crippen molar-refractivity contribution in [3.8, 4) is 0 Å². The van der Waals surface area contributed by atoms with Crippen molar-refractivity contribution in [2.45, 2.75) is 50.6 Å². The van der Waals surface area contributed by atoms with Gasteiger partial charge in [0, 0.05) is 48.8 Å². The topological polar surface area (TPSA) is 61.4 Å².